The summed E-state index contributed by atoms with van der Waals surface area (Å²) in [4.78, 5) is 10.9. The van der Waals surface area contributed by atoms with Crippen LogP contribution >= 0.6 is 0 Å². The molecule has 2 nitrogen and oxygen atoms in total. The molecule has 0 atom stereocenters. The largest absolute Gasteiger partial charge is 0.478 e. The maximum atomic E-state index is 13.8. The van der Waals surface area contributed by atoms with E-state index in [4.69, 9.17) is 5.11 Å². The molecular weight excluding hydrogens is 231 g/mol. The highest BCUT2D eigenvalue weighted by Gasteiger charge is 2.15. The van der Waals surface area contributed by atoms with E-state index >= 15 is 0 Å². The van der Waals surface area contributed by atoms with E-state index in [1.165, 1.54) is 6.07 Å². The second kappa shape index (κ2) is 4.61. The van der Waals surface area contributed by atoms with Crippen molar-refractivity contribution in [1.82, 2.24) is 0 Å². The summed E-state index contributed by atoms with van der Waals surface area (Å²) in [7, 11) is 0. The maximum absolute atomic E-state index is 13.8. The third kappa shape index (κ3) is 2.25. The summed E-state index contributed by atoms with van der Waals surface area (Å²) in [5.41, 5.74) is 2.82. The predicted molar refractivity (Wildman–Crippen MR) is 68.3 cm³/mol. The highest BCUT2D eigenvalue weighted by Crippen LogP contribution is 2.25. The monoisotopic (exact) mass is 244 g/mol. The van der Waals surface area contributed by atoms with Crippen LogP contribution < -0.4 is 0 Å². The number of carbonyl (C=O) groups is 1. The summed E-state index contributed by atoms with van der Waals surface area (Å²) in [6.07, 6.45) is 0. The molecule has 1 N–H and O–H groups in total. The van der Waals surface area contributed by atoms with Crippen LogP contribution in [-0.2, 0) is 0 Å². The van der Waals surface area contributed by atoms with Crippen LogP contribution in [0.25, 0.3) is 11.1 Å². The molecule has 18 heavy (non-hydrogen) atoms. The van der Waals surface area contributed by atoms with E-state index in [0.29, 0.717) is 11.1 Å². The number of rotatable bonds is 2. The van der Waals surface area contributed by atoms with Gasteiger partial charge in [0.2, 0.25) is 0 Å². The number of aromatic carboxylic acids is 1. The van der Waals surface area contributed by atoms with Crippen molar-refractivity contribution in [1.29, 1.82) is 0 Å². The van der Waals surface area contributed by atoms with Crippen LogP contribution in [0, 0.1) is 19.7 Å². The highest BCUT2D eigenvalue weighted by atomic mass is 19.1. The molecule has 0 spiro atoms. The van der Waals surface area contributed by atoms with Crippen molar-refractivity contribution in [2.24, 2.45) is 0 Å². The minimum absolute atomic E-state index is 0.258. The van der Waals surface area contributed by atoms with Gasteiger partial charge in [-0.2, -0.15) is 0 Å². The molecule has 0 saturated carbocycles. The first-order valence-corrected chi connectivity index (χ1v) is 5.59. The van der Waals surface area contributed by atoms with E-state index < -0.39 is 11.8 Å². The highest BCUT2D eigenvalue weighted by molar-refractivity contribution is 5.90. The Bertz CT molecular complexity index is 595. The molecule has 0 radical (unpaired) electrons. The SMILES string of the molecule is Cc1cccc(-c2cc(C)c(C(=O)O)c(F)c2)c1. The smallest absolute Gasteiger partial charge is 0.338 e. The summed E-state index contributed by atoms with van der Waals surface area (Å²) in [6, 6.07) is 10.6. The average molecular weight is 244 g/mol. The molecule has 0 bridgehead atoms. The predicted octanol–water partition coefficient (Wildman–Crippen LogP) is 3.81. The van der Waals surface area contributed by atoms with Gasteiger partial charge in [-0.15, -0.1) is 0 Å². The molecule has 0 amide bonds. The van der Waals surface area contributed by atoms with E-state index in [9.17, 15) is 9.18 Å². The first-order chi connectivity index (χ1) is 8.49. The Balaban J connectivity index is 2.58. The van der Waals surface area contributed by atoms with Crippen LogP contribution in [0.3, 0.4) is 0 Å². The zero-order valence-corrected chi connectivity index (χ0v) is 10.2. The molecule has 0 aliphatic heterocycles. The molecule has 0 saturated heterocycles. The number of hydrogen-bond acceptors (Lipinski definition) is 1. The number of carboxylic acid groups (broad SMARTS) is 1. The van der Waals surface area contributed by atoms with Crippen LogP contribution in [-0.4, -0.2) is 11.1 Å². The molecule has 0 aliphatic carbocycles. The van der Waals surface area contributed by atoms with Gasteiger partial charge in [0.25, 0.3) is 0 Å². The minimum Gasteiger partial charge on any atom is -0.478 e. The summed E-state index contributed by atoms with van der Waals surface area (Å²) >= 11 is 0. The Morgan fingerprint density at radius 3 is 2.39 bits per heavy atom. The van der Waals surface area contributed by atoms with Crippen molar-refractivity contribution in [2.75, 3.05) is 0 Å². The molecule has 2 aromatic carbocycles. The lowest BCUT2D eigenvalue weighted by Crippen LogP contribution is -2.04. The lowest BCUT2D eigenvalue weighted by atomic mass is 9.98. The van der Waals surface area contributed by atoms with Gasteiger partial charge < -0.3 is 5.11 Å². The molecule has 0 fully saturated rings. The number of halogens is 1. The number of aryl methyl sites for hydroxylation is 2. The molecule has 2 aromatic rings. The van der Waals surface area contributed by atoms with Gasteiger partial charge in [0, 0.05) is 0 Å². The van der Waals surface area contributed by atoms with E-state index in [1.807, 2.05) is 31.2 Å². The van der Waals surface area contributed by atoms with Gasteiger partial charge in [0.05, 0.1) is 5.56 Å². The van der Waals surface area contributed by atoms with Crippen molar-refractivity contribution in [3.05, 3.63) is 58.9 Å². The van der Waals surface area contributed by atoms with E-state index in [0.717, 1.165) is 11.1 Å². The number of carboxylic acids is 1. The summed E-state index contributed by atoms with van der Waals surface area (Å²) < 4.78 is 13.8. The van der Waals surface area contributed by atoms with Crippen molar-refractivity contribution in [3.63, 3.8) is 0 Å². The van der Waals surface area contributed by atoms with Crippen LogP contribution in [0.5, 0.6) is 0 Å². The normalized spacial score (nSPS) is 10.4. The quantitative estimate of drug-likeness (QED) is 0.872. The van der Waals surface area contributed by atoms with Gasteiger partial charge in [-0.1, -0.05) is 35.9 Å². The molecule has 3 heteroatoms. The number of benzene rings is 2. The van der Waals surface area contributed by atoms with Gasteiger partial charge in [0.15, 0.2) is 0 Å². The van der Waals surface area contributed by atoms with Crippen LogP contribution in [0.4, 0.5) is 4.39 Å². The Morgan fingerprint density at radius 1 is 1.11 bits per heavy atom. The molecular formula is C15H13FO2. The second-order valence-corrected chi connectivity index (χ2v) is 4.32. The topological polar surface area (TPSA) is 37.3 Å². The van der Waals surface area contributed by atoms with Crippen molar-refractivity contribution >= 4 is 5.97 Å². The van der Waals surface area contributed by atoms with Gasteiger partial charge in [-0.05, 0) is 36.6 Å². The van der Waals surface area contributed by atoms with Crippen LogP contribution in [0.2, 0.25) is 0 Å². The maximum Gasteiger partial charge on any atom is 0.338 e. The fraction of sp³-hybridized carbons (Fsp3) is 0.133. The van der Waals surface area contributed by atoms with E-state index in [1.54, 1.807) is 13.0 Å². The zero-order chi connectivity index (χ0) is 13.3. The lowest BCUT2D eigenvalue weighted by molar-refractivity contribution is 0.0691. The van der Waals surface area contributed by atoms with Gasteiger partial charge in [-0.25, -0.2) is 9.18 Å². The Hall–Kier alpha value is -2.16. The van der Waals surface area contributed by atoms with Crippen molar-refractivity contribution in [3.8, 4) is 11.1 Å². The summed E-state index contributed by atoms with van der Waals surface area (Å²) in [5, 5.41) is 8.91. The van der Waals surface area contributed by atoms with E-state index in [2.05, 4.69) is 0 Å². The first kappa shape index (κ1) is 12.3. The molecule has 0 aromatic heterocycles. The van der Waals surface area contributed by atoms with Gasteiger partial charge >= 0.3 is 5.97 Å². The molecule has 0 aliphatic rings. The third-order valence-electron chi connectivity index (χ3n) is 2.85. The molecule has 92 valence electrons. The Morgan fingerprint density at radius 2 is 1.83 bits per heavy atom. The Labute approximate surface area is 105 Å². The van der Waals surface area contributed by atoms with Gasteiger partial charge in [-0.3, -0.25) is 0 Å². The van der Waals surface area contributed by atoms with Crippen molar-refractivity contribution in [2.45, 2.75) is 13.8 Å². The average Bonchev–Trinajstić information content (AvgIpc) is 2.27. The fourth-order valence-corrected chi connectivity index (χ4v) is 2.01. The Kier molecular flexibility index (Phi) is 3.15. The number of hydrogen-bond donors (Lipinski definition) is 1. The molecule has 0 heterocycles. The summed E-state index contributed by atoms with van der Waals surface area (Å²) in [5.74, 6) is -1.93. The molecule has 0 unspecified atom stereocenters. The van der Waals surface area contributed by atoms with Crippen molar-refractivity contribution < 1.29 is 14.3 Å². The zero-order valence-electron chi connectivity index (χ0n) is 10.2. The van der Waals surface area contributed by atoms with Crippen LogP contribution in [0.1, 0.15) is 21.5 Å². The minimum atomic E-state index is -1.24. The lowest BCUT2D eigenvalue weighted by Gasteiger charge is -2.08. The second-order valence-electron chi connectivity index (χ2n) is 4.32. The first-order valence-electron chi connectivity index (χ1n) is 5.59. The van der Waals surface area contributed by atoms with Crippen LogP contribution in [0.15, 0.2) is 36.4 Å². The van der Waals surface area contributed by atoms with Gasteiger partial charge in [0.1, 0.15) is 5.82 Å². The fourth-order valence-electron chi connectivity index (χ4n) is 2.01. The standard InChI is InChI=1S/C15H13FO2/c1-9-4-3-5-11(6-9)12-7-10(2)14(15(17)18)13(16)8-12/h3-8H,1-2H3,(H,17,18). The summed E-state index contributed by atoms with van der Waals surface area (Å²) in [6.45, 7) is 3.56. The molecule has 2 rings (SSSR count). The third-order valence-corrected chi connectivity index (χ3v) is 2.85. The van der Waals surface area contributed by atoms with E-state index in [-0.39, 0.29) is 5.56 Å².